The van der Waals surface area contributed by atoms with Crippen LogP contribution >= 0.6 is 0 Å². The number of nitrogens with one attached hydrogen (secondary N) is 1. The van der Waals surface area contributed by atoms with Crippen molar-refractivity contribution in [3.8, 4) is 11.5 Å². The summed E-state index contributed by atoms with van der Waals surface area (Å²) < 4.78 is 11.2. The van der Waals surface area contributed by atoms with Gasteiger partial charge in [0.05, 0.1) is 25.4 Å². The summed E-state index contributed by atoms with van der Waals surface area (Å²) in [4.78, 5) is 6.64. The SMILES string of the molecule is CCOc1ccc(OCC)c(NC(N)=NCCN(C)Cc2ccccc2)c1. The Hall–Kier alpha value is -2.73. The van der Waals surface area contributed by atoms with Crippen molar-refractivity contribution in [2.75, 3.05) is 38.7 Å². The minimum Gasteiger partial charge on any atom is -0.494 e. The average Bonchev–Trinajstić information content (AvgIpc) is 2.65. The smallest absolute Gasteiger partial charge is 0.193 e. The molecular weight excluding hydrogens is 340 g/mol. The Morgan fingerprint density at radius 1 is 1.07 bits per heavy atom. The lowest BCUT2D eigenvalue weighted by molar-refractivity contribution is 0.332. The predicted molar refractivity (Wildman–Crippen MR) is 112 cm³/mol. The minimum atomic E-state index is 0.359. The Balaban J connectivity index is 1.91. The van der Waals surface area contributed by atoms with Crippen LogP contribution in [0.1, 0.15) is 19.4 Å². The van der Waals surface area contributed by atoms with Crippen molar-refractivity contribution in [2.45, 2.75) is 20.4 Å². The molecule has 0 aromatic heterocycles. The third kappa shape index (κ3) is 7.19. The molecule has 0 aliphatic carbocycles. The van der Waals surface area contributed by atoms with Crippen LogP contribution in [0.3, 0.4) is 0 Å². The van der Waals surface area contributed by atoms with E-state index < -0.39 is 0 Å². The highest BCUT2D eigenvalue weighted by Crippen LogP contribution is 2.29. The maximum absolute atomic E-state index is 6.06. The fourth-order valence-corrected chi connectivity index (χ4v) is 2.64. The number of benzene rings is 2. The van der Waals surface area contributed by atoms with Crippen LogP contribution in [0.25, 0.3) is 0 Å². The van der Waals surface area contributed by atoms with Gasteiger partial charge in [-0.1, -0.05) is 30.3 Å². The van der Waals surface area contributed by atoms with Crippen LogP contribution in [0.2, 0.25) is 0 Å². The second-order valence-electron chi connectivity index (χ2n) is 6.14. The molecule has 0 aliphatic heterocycles. The molecule has 146 valence electrons. The van der Waals surface area contributed by atoms with Gasteiger partial charge in [0.1, 0.15) is 11.5 Å². The van der Waals surface area contributed by atoms with Crippen molar-refractivity contribution < 1.29 is 9.47 Å². The normalized spacial score (nSPS) is 11.5. The summed E-state index contributed by atoms with van der Waals surface area (Å²) in [6.07, 6.45) is 0. The van der Waals surface area contributed by atoms with Crippen molar-refractivity contribution in [1.29, 1.82) is 0 Å². The predicted octanol–water partition coefficient (Wildman–Crippen LogP) is 3.34. The van der Waals surface area contributed by atoms with E-state index in [2.05, 4.69) is 46.5 Å². The van der Waals surface area contributed by atoms with Crippen LogP contribution in [0.4, 0.5) is 5.69 Å². The van der Waals surface area contributed by atoms with Gasteiger partial charge in [0.15, 0.2) is 5.96 Å². The fraction of sp³-hybridized carbons (Fsp3) is 0.381. The van der Waals surface area contributed by atoms with Gasteiger partial charge < -0.3 is 25.4 Å². The number of likely N-dealkylation sites (N-methyl/N-ethyl adjacent to an activating group) is 1. The lowest BCUT2D eigenvalue weighted by Crippen LogP contribution is -2.26. The molecule has 6 nitrogen and oxygen atoms in total. The van der Waals surface area contributed by atoms with E-state index in [1.165, 1.54) is 5.56 Å². The number of ether oxygens (including phenoxy) is 2. The van der Waals surface area contributed by atoms with Gasteiger partial charge in [0.25, 0.3) is 0 Å². The maximum Gasteiger partial charge on any atom is 0.193 e. The highest BCUT2D eigenvalue weighted by molar-refractivity contribution is 5.94. The first-order chi connectivity index (χ1) is 13.1. The summed E-state index contributed by atoms with van der Waals surface area (Å²) in [6, 6.07) is 16.0. The Labute approximate surface area is 162 Å². The molecule has 0 aliphatic rings. The van der Waals surface area contributed by atoms with Gasteiger partial charge >= 0.3 is 0 Å². The first kappa shape index (κ1) is 20.6. The Bertz CT molecular complexity index is 719. The summed E-state index contributed by atoms with van der Waals surface area (Å²) >= 11 is 0. The van der Waals surface area contributed by atoms with Crippen molar-refractivity contribution in [2.24, 2.45) is 10.7 Å². The van der Waals surface area contributed by atoms with Crippen molar-refractivity contribution in [3.63, 3.8) is 0 Å². The molecule has 3 N–H and O–H groups in total. The van der Waals surface area contributed by atoms with E-state index in [0.717, 1.165) is 30.3 Å². The second-order valence-corrected chi connectivity index (χ2v) is 6.14. The molecule has 0 heterocycles. The summed E-state index contributed by atoms with van der Waals surface area (Å²) in [5.74, 6) is 1.84. The Kier molecular flexibility index (Phi) is 8.45. The zero-order chi connectivity index (χ0) is 19.5. The third-order valence-corrected chi connectivity index (χ3v) is 3.88. The fourth-order valence-electron chi connectivity index (χ4n) is 2.64. The number of nitrogens with zero attached hydrogens (tertiary/aromatic N) is 2. The van der Waals surface area contributed by atoms with Gasteiger partial charge in [-0.2, -0.15) is 0 Å². The van der Waals surface area contributed by atoms with Gasteiger partial charge in [-0.3, -0.25) is 4.99 Å². The van der Waals surface area contributed by atoms with E-state index in [4.69, 9.17) is 15.2 Å². The van der Waals surface area contributed by atoms with E-state index in [1.807, 2.05) is 38.1 Å². The number of anilines is 1. The number of rotatable bonds is 10. The lowest BCUT2D eigenvalue weighted by Gasteiger charge is -2.16. The zero-order valence-electron chi connectivity index (χ0n) is 16.4. The highest BCUT2D eigenvalue weighted by atomic mass is 16.5. The van der Waals surface area contributed by atoms with Crippen molar-refractivity contribution >= 4 is 11.6 Å². The van der Waals surface area contributed by atoms with E-state index in [-0.39, 0.29) is 0 Å². The van der Waals surface area contributed by atoms with Crippen LogP contribution in [0.5, 0.6) is 11.5 Å². The quantitative estimate of drug-likeness (QED) is 0.496. The van der Waals surface area contributed by atoms with E-state index in [0.29, 0.717) is 25.7 Å². The molecule has 27 heavy (non-hydrogen) atoms. The number of hydrogen-bond donors (Lipinski definition) is 2. The average molecular weight is 370 g/mol. The number of guanidine groups is 1. The minimum absolute atomic E-state index is 0.359. The van der Waals surface area contributed by atoms with Crippen LogP contribution in [-0.2, 0) is 6.54 Å². The standard InChI is InChI=1S/C21H30N4O2/c1-4-26-18-11-12-20(27-5-2)19(15-18)24-21(22)23-13-14-25(3)16-17-9-7-6-8-10-17/h6-12,15H,4-5,13-14,16H2,1-3H3,(H3,22,23,24). The maximum atomic E-state index is 6.06. The van der Waals surface area contributed by atoms with Gasteiger partial charge in [-0.15, -0.1) is 0 Å². The van der Waals surface area contributed by atoms with Crippen LogP contribution in [-0.4, -0.2) is 44.2 Å². The van der Waals surface area contributed by atoms with E-state index in [9.17, 15) is 0 Å². The molecular formula is C21H30N4O2. The molecule has 2 aromatic carbocycles. The molecule has 0 fully saturated rings. The van der Waals surface area contributed by atoms with Crippen molar-refractivity contribution in [3.05, 3.63) is 54.1 Å². The highest BCUT2D eigenvalue weighted by Gasteiger charge is 2.07. The first-order valence-electron chi connectivity index (χ1n) is 9.31. The molecule has 2 aromatic rings. The van der Waals surface area contributed by atoms with Gasteiger partial charge in [0.2, 0.25) is 0 Å². The molecule has 0 unspecified atom stereocenters. The molecule has 6 heteroatoms. The third-order valence-electron chi connectivity index (χ3n) is 3.88. The molecule has 2 rings (SSSR count). The summed E-state index contributed by atoms with van der Waals surface area (Å²) in [5, 5.41) is 3.12. The zero-order valence-corrected chi connectivity index (χ0v) is 16.4. The Morgan fingerprint density at radius 3 is 2.52 bits per heavy atom. The van der Waals surface area contributed by atoms with Gasteiger partial charge in [-0.05, 0) is 38.6 Å². The largest absolute Gasteiger partial charge is 0.494 e. The molecule has 0 radical (unpaired) electrons. The van der Waals surface area contributed by atoms with Crippen LogP contribution in [0, 0.1) is 0 Å². The van der Waals surface area contributed by atoms with Crippen LogP contribution in [0.15, 0.2) is 53.5 Å². The number of hydrogen-bond acceptors (Lipinski definition) is 4. The van der Waals surface area contributed by atoms with Gasteiger partial charge in [-0.25, -0.2) is 0 Å². The number of nitrogens with two attached hydrogens (primary N) is 1. The second kappa shape index (κ2) is 11.1. The summed E-state index contributed by atoms with van der Waals surface area (Å²) in [6.45, 7) is 7.38. The lowest BCUT2D eigenvalue weighted by atomic mass is 10.2. The van der Waals surface area contributed by atoms with E-state index >= 15 is 0 Å². The topological polar surface area (TPSA) is 72.1 Å². The molecule has 0 atom stereocenters. The molecule has 0 spiro atoms. The van der Waals surface area contributed by atoms with Gasteiger partial charge in [0, 0.05) is 19.2 Å². The van der Waals surface area contributed by atoms with Crippen LogP contribution < -0.4 is 20.5 Å². The first-order valence-corrected chi connectivity index (χ1v) is 9.31. The summed E-state index contributed by atoms with van der Waals surface area (Å²) in [5.41, 5.74) is 8.09. The molecule has 0 saturated heterocycles. The molecule has 0 saturated carbocycles. The molecule has 0 amide bonds. The van der Waals surface area contributed by atoms with Crippen molar-refractivity contribution in [1.82, 2.24) is 4.90 Å². The molecule has 0 bridgehead atoms. The Morgan fingerprint density at radius 2 is 1.81 bits per heavy atom. The number of aliphatic imine (C=N–C) groups is 1. The van der Waals surface area contributed by atoms with E-state index in [1.54, 1.807) is 0 Å². The summed E-state index contributed by atoms with van der Waals surface area (Å²) in [7, 11) is 2.07. The monoisotopic (exact) mass is 370 g/mol.